The first-order chi connectivity index (χ1) is 16.5. The summed E-state index contributed by atoms with van der Waals surface area (Å²) >= 11 is 0. The van der Waals surface area contributed by atoms with Crippen molar-refractivity contribution in [2.75, 3.05) is 0 Å². The Hall–Kier alpha value is -2.07. The average Bonchev–Trinajstić information content (AvgIpc) is 3.57. The average molecular weight is 701 g/mol. The van der Waals surface area contributed by atoms with Crippen LogP contribution in [-0.2, 0) is 38.1 Å². The van der Waals surface area contributed by atoms with Crippen LogP contribution in [0.4, 0.5) is 0 Å². The van der Waals surface area contributed by atoms with E-state index in [0.717, 1.165) is 23.3 Å². The van der Waals surface area contributed by atoms with Crippen molar-refractivity contribution in [3.05, 3.63) is 123 Å². The Morgan fingerprint density at radius 3 is 1.28 bits per heavy atom. The fourth-order valence-electron chi connectivity index (χ4n) is 2.89. The molecular weight excluding hydrogens is 675 g/mol. The standard InChI is InChI=1S/2C14H13N2O.Fe.Pt/c2*1-11(12-6-2-3-7-12)16-15-10-13-8-4-5-9-14(13)17;;/h2*2-10,17H,1H3;;/q;;2*+2/b2*15-10+,16-11+;;. The van der Waals surface area contributed by atoms with E-state index in [4.69, 9.17) is 0 Å². The molecule has 6 nitrogen and oxygen atoms in total. The fourth-order valence-corrected chi connectivity index (χ4v) is 2.89. The summed E-state index contributed by atoms with van der Waals surface area (Å²) in [6, 6.07) is 14.0. The van der Waals surface area contributed by atoms with Crippen LogP contribution in [0.15, 0.2) is 68.9 Å². The largest absolute Gasteiger partial charge is 2.00 e. The molecule has 0 bridgehead atoms. The van der Waals surface area contributed by atoms with Gasteiger partial charge in [-0.2, -0.15) is 20.4 Å². The zero-order chi connectivity index (χ0) is 24.2. The van der Waals surface area contributed by atoms with E-state index in [2.05, 4.69) is 20.4 Å². The van der Waals surface area contributed by atoms with Gasteiger partial charge in [-0.3, -0.25) is 0 Å². The molecule has 36 heavy (non-hydrogen) atoms. The van der Waals surface area contributed by atoms with Gasteiger partial charge in [-0.05, 0) is 89.5 Å². The fraction of sp³-hybridized carbons (Fsp3) is 0.0714. The van der Waals surface area contributed by atoms with Gasteiger partial charge in [0.25, 0.3) is 0 Å². The van der Waals surface area contributed by atoms with E-state index in [1.807, 2.05) is 77.3 Å². The molecule has 10 radical (unpaired) electrons. The van der Waals surface area contributed by atoms with Crippen LogP contribution in [-0.4, -0.2) is 34.1 Å². The van der Waals surface area contributed by atoms with Crippen LogP contribution >= 0.6 is 0 Å². The molecule has 0 saturated heterocycles. The van der Waals surface area contributed by atoms with Gasteiger partial charge in [0.05, 0.1) is 12.4 Å². The van der Waals surface area contributed by atoms with Gasteiger partial charge in [0.1, 0.15) is 11.5 Å². The third-order valence-electron chi connectivity index (χ3n) is 4.84. The van der Waals surface area contributed by atoms with Crippen molar-refractivity contribution < 1.29 is 48.3 Å². The van der Waals surface area contributed by atoms with Crippen molar-refractivity contribution in [3.63, 3.8) is 0 Å². The van der Waals surface area contributed by atoms with Gasteiger partial charge in [-0.25, -0.2) is 0 Å². The van der Waals surface area contributed by atoms with Gasteiger partial charge in [0.15, 0.2) is 0 Å². The molecule has 2 aliphatic rings. The van der Waals surface area contributed by atoms with Crippen LogP contribution in [0.2, 0.25) is 0 Å². The number of hydrogen-bond acceptors (Lipinski definition) is 6. The van der Waals surface area contributed by atoms with Crippen molar-refractivity contribution >= 4 is 23.9 Å². The maximum Gasteiger partial charge on any atom is 2.00 e. The van der Waals surface area contributed by atoms with Crippen LogP contribution in [0.1, 0.15) is 25.0 Å². The molecule has 0 atom stereocenters. The Balaban J connectivity index is 0.000000341. The van der Waals surface area contributed by atoms with Crippen molar-refractivity contribution in [1.29, 1.82) is 0 Å². The van der Waals surface area contributed by atoms with Crippen molar-refractivity contribution in [3.8, 4) is 11.5 Å². The van der Waals surface area contributed by atoms with Crippen LogP contribution in [0, 0.1) is 63.2 Å². The number of nitrogens with zero attached hydrogens (tertiary/aromatic N) is 4. The van der Waals surface area contributed by atoms with Gasteiger partial charge in [-0.15, -0.1) is 0 Å². The molecule has 4 rings (SSSR count). The molecule has 0 aromatic heterocycles. The predicted molar refractivity (Wildman–Crippen MR) is 139 cm³/mol. The SMILES string of the molecule is C/C(=N\N=C\c1ccccc1O)[C]1[CH][CH][CH][CH]1.C/C(=N\N=C\c1ccccc1O)[C]1[CH][CH][CH][CH]1.[Fe+2].[Pt+2]. The van der Waals surface area contributed by atoms with E-state index in [0.29, 0.717) is 11.1 Å². The minimum Gasteiger partial charge on any atom is -0.507 e. The quantitative estimate of drug-likeness (QED) is 0.247. The summed E-state index contributed by atoms with van der Waals surface area (Å²) < 4.78 is 0. The van der Waals surface area contributed by atoms with Gasteiger partial charge in [-0.1, -0.05) is 24.3 Å². The normalized spacial score (nSPS) is 17.1. The Bertz CT molecular complexity index is 960. The third kappa shape index (κ3) is 10.5. The van der Waals surface area contributed by atoms with Crippen LogP contribution in [0.3, 0.4) is 0 Å². The van der Waals surface area contributed by atoms with E-state index in [9.17, 15) is 10.2 Å². The van der Waals surface area contributed by atoms with E-state index < -0.39 is 0 Å². The van der Waals surface area contributed by atoms with E-state index in [1.54, 1.807) is 48.8 Å². The Morgan fingerprint density at radius 1 is 0.611 bits per heavy atom. The van der Waals surface area contributed by atoms with Crippen LogP contribution in [0.5, 0.6) is 11.5 Å². The van der Waals surface area contributed by atoms with Crippen molar-refractivity contribution in [1.82, 2.24) is 0 Å². The summed E-state index contributed by atoms with van der Waals surface area (Å²) in [4.78, 5) is 0. The summed E-state index contributed by atoms with van der Waals surface area (Å²) in [7, 11) is 0. The maximum atomic E-state index is 9.52. The van der Waals surface area contributed by atoms with E-state index >= 15 is 0 Å². The zero-order valence-electron chi connectivity index (χ0n) is 19.7. The molecule has 8 heteroatoms. The molecule has 184 valence electrons. The van der Waals surface area contributed by atoms with Crippen molar-refractivity contribution in [2.24, 2.45) is 20.4 Å². The maximum absolute atomic E-state index is 9.52. The second-order valence-corrected chi connectivity index (χ2v) is 7.32. The number of phenolic OH excluding ortho intramolecular Hbond substituents is 2. The molecule has 2 fully saturated rings. The van der Waals surface area contributed by atoms with Crippen molar-refractivity contribution in [2.45, 2.75) is 13.8 Å². The molecule has 0 amide bonds. The van der Waals surface area contributed by atoms with Crippen LogP contribution < -0.4 is 0 Å². The molecule has 0 unspecified atom stereocenters. The molecule has 0 heterocycles. The Labute approximate surface area is 239 Å². The molecule has 2 N–H and O–H groups in total. The molecular formula is C28H26FeN4O2Pt+4. The Morgan fingerprint density at radius 2 is 0.944 bits per heavy atom. The number of phenols is 2. The van der Waals surface area contributed by atoms with Gasteiger partial charge in [0.2, 0.25) is 0 Å². The molecule has 0 aliphatic heterocycles. The number of aromatic hydroxyl groups is 2. The second kappa shape index (κ2) is 17.4. The molecule has 2 aromatic carbocycles. The summed E-state index contributed by atoms with van der Waals surface area (Å²) in [6.07, 6.45) is 18.8. The first-order valence-corrected chi connectivity index (χ1v) is 10.7. The first kappa shape index (κ1) is 32.0. The molecule has 2 saturated carbocycles. The minimum absolute atomic E-state index is 0. The molecule has 0 spiro atoms. The smallest absolute Gasteiger partial charge is 0.507 e. The topological polar surface area (TPSA) is 89.9 Å². The molecule has 2 aromatic rings. The summed E-state index contributed by atoms with van der Waals surface area (Å²) in [5.41, 5.74) is 3.02. The summed E-state index contributed by atoms with van der Waals surface area (Å²) in [5.74, 6) is 2.52. The summed E-state index contributed by atoms with van der Waals surface area (Å²) in [5, 5.41) is 35.1. The zero-order valence-corrected chi connectivity index (χ0v) is 23.1. The van der Waals surface area contributed by atoms with Gasteiger partial charge in [0, 0.05) is 34.4 Å². The summed E-state index contributed by atoms with van der Waals surface area (Å²) in [6.45, 7) is 3.80. The van der Waals surface area contributed by atoms with Crippen LogP contribution in [0.25, 0.3) is 0 Å². The number of benzene rings is 2. The third-order valence-corrected chi connectivity index (χ3v) is 4.84. The van der Waals surface area contributed by atoms with E-state index in [-0.39, 0.29) is 49.6 Å². The monoisotopic (exact) mass is 701 g/mol. The minimum atomic E-state index is 0. The number of hydrogen-bond donors (Lipinski definition) is 2. The number of para-hydroxylation sites is 2. The number of rotatable bonds is 6. The Kier molecular flexibility index (Phi) is 15.4. The van der Waals surface area contributed by atoms with Gasteiger partial charge >= 0.3 is 38.1 Å². The second-order valence-electron chi connectivity index (χ2n) is 7.32. The first-order valence-electron chi connectivity index (χ1n) is 10.7. The molecule has 2 aliphatic carbocycles. The van der Waals surface area contributed by atoms with Gasteiger partial charge < -0.3 is 10.2 Å². The predicted octanol–water partition coefficient (Wildman–Crippen LogP) is 5.18. The van der Waals surface area contributed by atoms with E-state index in [1.165, 1.54) is 0 Å².